The molecule has 0 heterocycles. The van der Waals surface area contributed by atoms with Crippen molar-refractivity contribution < 1.29 is 9.53 Å². The van der Waals surface area contributed by atoms with Crippen molar-refractivity contribution >= 4 is 27.6 Å². The highest BCUT2D eigenvalue weighted by molar-refractivity contribution is 9.10. The molecule has 3 nitrogen and oxygen atoms in total. The lowest BCUT2D eigenvalue weighted by molar-refractivity contribution is -0.149. The van der Waals surface area contributed by atoms with E-state index < -0.39 is 0 Å². The first-order valence-electron chi connectivity index (χ1n) is 7.71. The van der Waals surface area contributed by atoms with Crippen LogP contribution in [0.5, 0.6) is 0 Å². The van der Waals surface area contributed by atoms with Gasteiger partial charge in [0.05, 0.1) is 18.2 Å². The fourth-order valence-corrected chi connectivity index (χ4v) is 3.89. The molecular weight excluding hydrogens is 330 g/mol. The lowest BCUT2D eigenvalue weighted by Crippen LogP contribution is -2.32. The molecule has 1 N–H and O–H groups in total. The molecule has 116 valence electrons. The van der Waals surface area contributed by atoms with Gasteiger partial charge in [-0.2, -0.15) is 0 Å². The third-order valence-corrected chi connectivity index (χ3v) is 4.70. The van der Waals surface area contributed by atoms with Crippen molar-refractivity contribution in [1.82, 2.24) is 0 Å². The molecule has 2 atom stereocenters. The molecule has 0 spiro atoms. The van der Waals surface area contributed by atoms with Gasteiger partial charge in [-0.1, -0.05) is 12.5 Å². The van der Waals surface area contributed by atoms with Crippen molar-refractivity contribution in [3.63, 3.8) is 0 Å². The molecule has 0 radical (unpaired) electrons. The van der Waals surface area contributed by atoms with Crippen molar-refractivity contribution in [2.45, 2.75) is 52.5 Å². The second-order valence-corrected chi connectivity index (χ2v) is 6.75. The van der Waals surface area contributed by atoms with Gasteiger partial charge in [-0.05, 0) is 73.2 Å². The summed E-state index contributed by atoms with van der Waals surface area (Å²) in [5, 5.41) is 3.62. The summed E-state index contributed by atoms with van der Waals surface area (Å²) in [6.45, 7) is 6.55. The molecule has 2 unspecified atom stereocenters. The monoisotopic (exact) mass is 353 g/mol. The molecule has 1 aromatic carbocycles. The Morgan fingerprint density at radius 2 is 2.14 bits per heavy atom. The summed E-state index contributed by atoms with van der Waals surface area (Å²) in [6.07, 6.45) is 3.99. The summed E-state index contributed by atoms with van der Waals surface area (Å²) < 4.78 is 6.26. The highest BCUT2D eigenvalue weighted by Crippen LogP contribution is 2.32. The molecule has 0 aromatic heterocycles. The van der Waals surface area contributed by atoms with E-state index in [1.54, 1.807) is 0 Å². The van der Waals surface area contributed by atoms with E-state index in [1.807, 2.05) is 6.92 Å². The zero-order valence-corrected chi connectivity index (χ0v) is 14.6. The van der Waals surface area contributed by atoms with Crippen LogP contribution in [0.15, 0.2) is 16.6 Å². The molecule has 1 saturated carbocycles. The first kappa shape index (κ1) is 16.3. The summed E-state index contributed by atoms with van der Waals surface area (Å²) >= 11 is 3.64. The van der Waals surface area contributed by atoms with E-state index in [2.05, 4.69) is 47.2 Å². The minimum Gasteiger partial charge on any atom is -0.466 e. The standard InChI is InChI=1S/C17H24BrNO2/c1-4-21-17(20)13-6-5-7-14(10-13)19-16-12(3)8-11(2)9-15(16)18/h8-9,13-14,19H,4-7,10H2,1-3H3. The number of hydrogen-bond acceptors (Lipinski definition) is 3. The maximum Gasteiger partial charge on any atom is 0.308 e. The normalized spacial score (nSPS) is 21.9. The van der Waals surface area contributed by atoms with Crippen LogP contribution < -0.4 is 5.32 Å². The Bertz CT molecular complexity index is 493. The minimum absolute atomic E-state index is 0.0382. The largest absolute Gasteiger partial charge is 0.466 e. The SMILES string of the molecule is CCOC(=O)C1CCCC(Nc2c(C)cc(C)cc2Br)C1. The number of rotatable bonds is 4. The summed E-state index contributed by atoms with van der Waals surface area (Å²) in [6, 6.07) is 4.64. The smallest absolute Gasteiger partial charge is 0.308 e. The Labute approximate surface area is 135 Å². The first-order chi connectivity index (χ1) is 10.0. The van der Waals surface area contributed by atoms with Crippen molar-refractivity contribution in [3.05, 3.63) is 27.7 Å². The lowest BCUT2D eigenvalue weighted by atomic mass is 9.85. The summed E-state index contributed by atoms with van der Waals surface area (Å²) in [4.78, 5) is 11.9. The number of ether oxygens (including phenoxy) is 1. The molecule has 2 rings (SSSR count). The Morgan fingerprint density at radius 3 is 2.81 bits per heavy atom. The van der Waals surface area contributed by atoms with Crippen molar-refractivity contribution in [2.75, 3.05) is 11.9 Å². The second-order valence-electron chi connectivity index (χ2n) is 5.90. The van der Waals surface area contributed by atoms with Gasteiger partial charge < -0.3 is 10.1 Å². The maximum atomic E-state index is 11.9. The molecule has 0 amide bonds. The molecule has 21 heavy (non-hydrogen) atoms. The van der Waals surface area contributed by atoms with E-state index in [1.165, 1.54) is 11.1 Å². The number of carbonyl (C=O) groups is 1. The van der Waals surface area contributed by atoms with Crippen LogP contribution in [0.4, 0.5) is 5.69 Å². The number of benzene rings is 1. The number of esters is 1. The molecule has 0 bridgehead atoms. The van der Waals surface area contributed by atoms with Crippen LogP contribution in [0.25, 0.3) is 0 Å². The van der Waals surface area contributed by atoms with Gasteiger partial charge in [0.2, 0.25) is 0 Å². The maximum absolute atomic E-state index is 11.9. The number of hydrogen-bond donors (Lipinski definition) is 1. The van der Waals surface area contributed by atoms with E-state index in [0.29, 0.717) is 12.6 Å². The van der Waals surface area contributed by atoms with Crippen LogP contribution in [-0.2, 0) is 9.53 Å². The number of aryl methyl sites for hydroxylation is 2. The third kappa shape index (κ3) is 4.22. The van der Waals surface area contributed by atoms with Crippen LogP contribution in [0, 0.1) is 19.8 Å². The molecule has 0 aliphatic heterocycles. The number of halogens is 1. The minimum atomic E-state index is -0.0382. The summed E-state index contributed by atoms with van der Waals surface area (Å²) in [7, 11) is 0. The lowest BCUT2D eigenvalue weighted by Gasteiger charge is -2.30. The quantitative estimate of drug-likeness (QED) is 0.803. The number of anilines is 1. The van der Waals surface area contributed by atoms with Crippen LogP contribution in [-0.4, -0.2) is 18.6 Å². The number of nitrogens with one attached hydrogen (secondary N) is 1. The topological polar surface area (TPSA) is 38.3 Å². The van der Waals surface area contributed by atoms with Crippen molar-refractivity contribution in [3.8, 4) is 0 Å². The summed E-state index contributed by atoms with van der Waals surface area (Å²) in [5.74, 6) is 0.00410. The van der Waals surface area contributed by atoms with Crippen LogP contribution in [0.3, 0.4) is 0 Å². The van der Waals surface area contributed by atoms with Gasteiger partial charge in [0.1, 0.15) is 0 Å². The van der Waals surface area contributed by atoms with Gasteiger partial charge in [-0.3, -0.25) is 4.79 Å². The molecule has 1 aromatic rings. The zero-order valence-electron chi connectivity index (χ0n) is 13.0. The van der Waals surface area contributed by atoms with Gasteiger partial charge in [-0.15, -0.1) is 0 Å². The predicted molar refractivity (Wildman–Crippen MR) is 89.6 cm³/mol. The molecular formula is C17H24BrNO2. The van der Waals surface area contributed by atoms with E-state index in [-0.39, 0.29) is 11.9 Å². The van der Waals surface area contributed by atoms with E-state index in [9.17, 15) is 4.79 Å². The van der Waals surface area contributed by atoms with Gasteiger partial charge >= 0.3 is 5.97 Å². The summed E-state index contributed by atoms with van der Waals surface area (Å²) in [5.41, 5.74) is 3.63. The van der Waals surface area contributed by atoms with E-state index >= 15 is 0 Å². The fraction of sp³-hybridized carbons (Fsp3) is 0.588. The molecule has 1 aliphatic rings. The van der Waals surface area contributed by atoms with Crippen LogP contribution in [0.2, 0.25) is 0 Å². The van der Waals surface area contributed by atoms with Crippen molar-refractivity contribution in [2.24, 2.45) is 5.92 Å². The second kappa shape index (κ2) is 7.30. The zero-order chi connectivity index (χ0) is 15.4. The Morgan fingerprint density at radius 1 is 1.38 bits per heavy atom. The van der Waals surface area contributed by atoms with Gasteiger partial charge in [0, 0.05) is 10.5 Å². The highest BCUT2D eigenvalue weighted by atomic mass is 79.9. The Balaban J connectivity index is 2.04. The first-order valence-corrected chi connectivity index (χ1v) is 8.50. The number of carbonyl (C=O) groups excluding carboxylic acids is 1. The van der Waals surface area contributed by atoms with E-state index in [0.717, 1.165) is 35.8 Å². The molecule has 4 heteroatoms. The average molecular weight is 354 g/mol. The Hall–Kier alpha value is -1.03. The van der Waals surface area contributed by atoms with E-state index in [4.69, 9.17) is 4.74 Å². The van der Waals surface area contributed by atoms with Gasteiger partial charge in [-0.25, -0.2) is 0 Å². The Kier molecular flexibility index (Phi) is 5.68. The van der Waals surface area contributed by atoms with Gasteiger partial charge in [0.25, 0.3) is 0 Å². The van der Waals surface area contributed by atoms with Crippen LogP contribution in [0.1, 0.15) is 43.7 Å². The van der Waals surface area contributed by atoms with Crippen molar-refractivity contribution in [1.29, 1.82) is 0 Å². The highest BCUT2D eigenvalue weighted by Gasteiger charge is 2.28. The average Bonchev–Trinajstić information content (AvgIpc) is 2.43. The van der Waals surface area contributed by atoms with Gasteiger partial charge in [0.15, 0.2) is 0 Å². The molecule has 0 saturated heterocycles. The fourth-order valence-electron chi connectivity index (χ4n) is 3.10. The predicted octanol–water partition coefficient (Wildman–Crippen LogP) is 4.60. The third-order valence-electron chi connectivity index (χ3n) is 4.07. The molecule has 1 fully saturated rings. The van der Waals surface area contributed by atoms with Crippen LogP contribution >= 0.6 is 15.9 Å². The molecule has 1 aliphatic carbocycles.